The topological polar surface area (TPSA) is 86.8 Å². The largest absolute Gasteiger partial charge is 0.416 e. The molecule has 9 heteroatoms. The second-order valence-electron chi connectivity index (χ2n) is 6.63. The molecule has 1 saturated heterocycles. The van der Waals surface area contributed by atoms with Crippen LogP contribution in [0.2, 0.25) is 0 Å². The normalized spacial score (nSPS) is 26.5. The molecule has 1 aliphatic rings. The van der Waals surface area contributed by atoms with Gasteiger partial charge in [-0.15, -0.1) is 5.10 Å². The van der Waals surface area contributed by atoms with Gasteiger partial charge < -0.3 is 10.4 Å². The fraction of sp³-hybridized carbons (Fsp3) is 0.471. The summed E-state index contributed by atoms with van der Waals surface area (Å²) in [5.41, 5.74) is -1.01. The minimum Gasteiger partial charge on any atom is -0.385 e. The molecule has 0 bridgehead atoms. The van der Waals surface area contributed by atoms with Gasteiger partial charge in [-0.05, 0) is 31.0 Å². The van der Waals surface area contributed by atoms with Crippen molar-refractivity contribution >= 4 is 0 Å². The number of aliphatic hydroxyl groups is 1. The van der Waals surface area contributed by atoms with Gasteiger partial charge >= 0.3 is 6.18 Å². The number of nitrogens with zero attached hydrogens (tertiary/aromatic N) is 4. The number of benzene rings is 1. The lowest BCUT2D eigenvalue weighted by molar-refractivity contribution is -0.137. The van der Waals surface area contributed by atoms with Crippen LogP contribution in [0.3, 0.4) is 0 Å². The Labute approximate surface area is 148 Å². The van der Waals surface area contributed by atoms with Gasteiger partial charge in [-0.25, -0.2) is 4.68 Å². The van der Waals surface area contributed by atoms with E-state index in [9.17, 15) is 18.3 Å². The van der Waals surface area contributed by atoms with Gasteiger partial charge in [0.05, 0.1) is 35.2 Å². The molecule has 1 aromatic carbocycles. The van der Waals surface area contributed by atoms with E-state index in [1.165, 1.54) is 16.8 Å². The van der Waals surface area contributed by atoms with E-state index >= 15 is 0 Å². The first-order valence-corrected chi connectivity index (χ1v) is 8.14. The fourth-order valence-electron chi connectivity index (χ4n) is 3.41. The molecular formula is C17H18F3N5O. The van der Waals surface area contributed by atoms with Crippen molar-refractivity contribution in [1.82, 2.24) is 20.3 Å². The third kappa shape index (κ3) is 3.71. The minimum atomic E-state index is -4.41. The Morgan fingerprint density at radius 2 is 2.04 bits per heavy atom. The first-order chi connectivity index (χ1) is 12.2. The number of nitrogens with one attached hydrogen (secondary N) is 1. The first kappa shape index (κ1) is 18.4. The second-order valence-corrected chi connectivity index (χ2v) is 6.63. The first-order valence-electron chi connectivity index (χ1n) is 8.14. The summed E-state index contributed by atoms with van der Waals surface area (Å²) in [7, 11) is 0. The molecule has 2 heterocycles. The van der Waals surface area contributed by atoms with Crippen LogP contribution in [0.15, 0.2) is 30.5 Å². The molecule has 0 spiro atoms. The monoisotopic (exact) mass is 365 g/mol. The molecule has 3 atom stereocenters. The molecule has 0 saturated carbocycles. The summed E-state index contributed by atoms with van der Waals surface area (Å²) in [6.45, 7) is 1.96. The van der Waals surface area contributed by atoms with Crippen LogP contribution in [0.4, 0.5) is 13.2 Å². The predicted molar refractivity (Wildman–Crippen MR) is 85.5 cm³/mol. The van der Waals surface area contributed by atoms with Crippen molar-refractivity contribution in [2.24, 2.45) is 0 Å². The van der Waals surface area contributed by atoms with Gasteiger partial charge in [0.1, 0.15) is 6.54 Å². The van der Waals surface area contributed by atoms with Crippen LogP contribution >= 0.6 is 0 Å². The summed E-state index contributed by atoms with van der Waals surface area (Å²) in [5.74, 6) is 0. The average molecular weight is 365 g/mol. The quantitative estimate of drug-likeness (QED) is 0.873. The van der Waals surface area contributed by atoms with Crippen LogP contribution in [0.25, 0.3) is 0 Å². The van der Waals surface area contributed by atoms with Gasteiger partial charge in [-0.3, -0.25) is 0 Å². The number of halogens is 3. The second kappa shape index (κ2) is 6.70. The summed E-state index contributed by atoms with van der Waals surface area (Å²) in [6.07, 6.45) is -2.18. The van der Waals surface area contributed by atoms with Crippen molar-refractivity contribution in [3.8, 4) is 6.07 Å². The highest BCUT2D eigenvalue weighted by molar-refractivity contribution is 5.30. The summed E-state index contributed by atoms with van der Waals surface area (Å²) in [4.78, 5) is 0. The Morgan fingerprint density at radius 1 is 1.35 bits per heavy atom. The number of piperidine rings is 1. The smallest absolute Gasteiger partial charge is 0.385 e. The summed E-state index contributed by atoms with van der Waals surface area (Å²) >= 11 is 0. The maximum absolute atomic E-state index is 12.8. The number of aromatic nitrogens is 3. The number of nitriles is 1. The molecule has 3 rings (SSSR count). The highest BCUT2D eigenvalue weighted by Crippen LogP contribution is 2.40. The van der Waals surface area contributed by atoms with E-state index in [0.29, 0.717) is 17.7 Å². The van der Waals surface area contributed by atoms with Crippen molar-refractivity contribution in [3.05, 3.63) is 47.3 Å². The van der Waals surface area contributed by atoms with Gasteiger partial charge in [-0.2, -0.15) is 18.4 Å². The van der Waals surface area contributed by atoms with E-state index in [1.54, 1.807) is 6.20 Å². The van der Waals surface area contributed by atoms with E-state index < -0.39 is 17.3 Å². The molecule has 0 amide bonds. The van der Waals surface area contributed by atoms with E-state index in [4.69, 9.17) is 5.26 Å². The maximum atomic E-state index is 12.8. The molecule has 1 aliphatic heterocycles. The Bertz CT molecular complexity index is 811. The van der Waals surface area contributed by atoms with Crippen molar-refractivity contribution in [3.63, 3.8) is 0 Å². The van der Waals surface area contributed by atoms with E-state index in [-0.39, 0.29) is 25.0 Å². The lowest BCUT2D eigenvalue weighted by Gasteiger charge is -2.40. The molecular weight excluding hydrogens is 347 g/mol. The summed E-state index contributed by atoms with van der Waals surface area (Å²) in [6, 6.07) is 6.18. The molecule has 1 unspecified atom stereocenters. The molecule has 138 valence electrons. The lowest BCUT2D eigenvalue weighted by Crippen LogP contribution is -2.47. The van der Waals surface area contributed by atoms with Crippen molar-refractivity contribution in [2.45, 2.75) is 50.2 Å². The Morgan fingerprint density at radius 3 is 2.65 bits per heavy atom. The maximum Gasteiger partial charge on any atom is 0.416 e. The molecule has 26 heavy (non-hydrogen) atoms. The Kier molecular flexibility index (Phi) is 4.73. The minimum absolute atomic E-state index is 0.0679. The fourth-order valence-corrected chi connectivity index (χ4v) is 3.41. The molecule has 0 radical (unpaired) electrons. The number of alkyl halides is 3. The Balaban J connectivity index is 1.85. The zero-order valence-electron chi connectivity index (χ0n) is 14.0. The lowest BCUT2D eigenvalue weighted by atomic mass is 9.78. The average Bonchev–Trinajstić information content (AvgIpc) is 3.02. The van der Waals surface area contributed by atoms with Gasteiger partial charge in [0.15, 0.2) is 0 Å². The SMILES string of the molecule is C[C@H]1CC(O)(c2ccc(C(F)(F)F)cc2)C[C@@H](c2cn(CC#N)nn2)N1. The van der Waals surface area contributed by atoms with Gasteiger partial charge in [0.2, 0.25) is 0 Å². The van der Waals surface area contributed by atoms with E-state index in [1.807, 2.05) is 13.0 Å². The van der Waals surface area contributed by atoms with E-state index in [2.05, 4.69) is 15.6 Å². The third-order valence-electron chi connectivity index (χ3n) is 4.57. The van der Waals surface area contributed by atoms with E-state index in [0.717, 1.165) is 12.1 Å². The molecule has 1 fully saturated rings. The van der Waals surface area contributed by atoms with Crippen molar-refractivity contribution < 1.29 is 18.3 Å². The van der Waals surface area contributed by atoms with Crippen LogP contribution in [0, 0.1) is 11.3 Å². The van der Waals surface area contributed by atoms with Crippen LogP contribution in [0.5, 0.6) is 0 Å². The van der Waals surface area contributed by atoms with Crippen LogP contribution < -0.4 is 5.32 Å². The predicted octanol–water partition coefficient (Wildman–Crippen LogP) is 2.52. The highest BCUT2D eigenvalue weighted by atomic mass is 19.4. The van der Waals surface area contributed by atoms with Crippen LogP contribution in [-0.4, -0.2) is 26.1 Å². The van der Waals surface area contributed by atoms with Crippen molar-refractivity contribution in [1.29, 1.82) is 5.26 Å². The number of rotatable bonds is 3. The number of hydrogen-bond donors (Lipinski definition) is 2. The highest BCUT2D eigenvalue weighted by Gasteiger charge is 2.40. The molecule has 2 N–H and O–H groups in total. The van der Waals surface area contributed by atoms with Gasteiger partial charge in [0.25, 0.3) is 0 Å². The molecule has 2 aromatic rings. The zero-order valence-corrected chi connectivity index (χ0v) is 14.0. The Hall–Kier alpha value is -2.44. The summed E-state index contributed by atoms with van der Waals surface area (Å²) < 4.78 is 39.7. The zero-order chi connectivity index (χ0) is 18.9. The van der Waals surface area contributed by atoms with Gasteiger partial charge in [0, 0.05) is 12.5 Å². The van der Waals surface area contributed by atoms with Crippen LogP contribution in [0.1, 0.15) is 42.6 Å². The molecule has 0 aliphatic carbocycles. The van der Waals surface area contributed by atoms with Crippen molar-refractivity contribution in [2.75, 3.05) is 0 Å². The molecule has 6 nitrogen and oxygen atoms in total. The number of hydrogen-bond acceptors (Lipinski definition) is 5. The standard InChI is InChI=1S/C17H18F3N5O/c1-11-8-16(26,12-2-4-13(5-3-12)17(18,19)20)9-14(22-11)15-10-25(7-6-21)24-23-15/h2-5,10-11,14,22,26H,7-9H2,1H3/t11-,14-,16?/m0/s1. The van der Waals surface area contributed by atoms with Crippen LogP contribution in [-0.2, 0) is 18.3 Å². The summed E-state index contributed by atoms with van der Waals surface area (Å²) in [5, 5.41) is 31.0. The molecule has 1 aromatic heterocycles. The van der Waals surface area contributed by atoms with Gasteiger partial charge in [-0.1, -0.05) is 17.3 Å². The third-order valence-corrected chi connectivity index (χ3v) is 4.57.